The van der Waals surface area contributed by atoms with Crippen molar-refractivity contribution in [1.29, 1.82) is 0 Å². The van der Waals surface area contributed by atoms with Gasteiger partial charge in [-0.15, -0.1) is 11.3 Å². The number of thiazole rings is 1. The summed E-state index contributed by atoms with van der Waals surface area (Å²) in [6.45, 7) is 4.47. The topological polar surface area (TPSA) is 24.9 Å². The maximum atomic E-state index is 4.63. The number of rotatable bonds is 2. The van der Waals surface area contributed by atoms with E-state index in [1.165, 1.54) is 30.1 Å². The molecule has 1 N–H and O–H groups in total. The molecule has 1 aliphatic heterocycles. The highest BCUT2D eigenvalue weighted by molar-refractivity contribution is 7.09. The van der Waals surface area contributed by atoms with Gasteiger partial charge in [-0.25, -0.2) is 4.98 Å². The lowest BCUT2D eigenvalue weighted by atomic mass is 10.0. The second-order valence-electron chi connectivity index (χ2n) is 3.57. The van der Waals surface area contributed by atoms with Crippen LogP contribution in [-0.4, -0.2) is 18.1 Å². The van der Waals surface area contributed by atoms with Crippen molar-refractivity contribution < 1.29 is 0 Å². The first-order valence-corrected chi connectivity index (χ1v) is 5.93. The Morgan fingerprint density at radius 3 is 3.23 bits per heavy atom. The molecule has 1 saturated heterocycles. The van der Waals surface area contributed by atoms with Gasteiger partial charge in [0.15, 0.2) is 0 Å². The van der Waals surface area contributed by atoms with E-state index in [1.54, 1.807) is 0 Å². The van der Waals surface area contributed by atoms with Crippen molar-refractivity contribution in [2.24, 2.45) is 0 Å². The van der Waals surface area contributed by atoms with Crippen LogP contribution in [0.3, 0.4) is 0 Å². The maximum absolute atomic E-state index is 4.63. The highest BCUT2D eigenvalue weighted by atomic mass is 32.1. The summed E-state index contributed by atoms with van der Waals surface area (Å²) in [6, 6.07) is 0. The molecule has 2 rings (SSSR count). The van der Waals surface area contributed by atoms with E-state index in [4.69, 9.17) is 0 Å². The molecule has 0 aromatic carbocycles. The lowest BCUT2D eigenvalue weighted by molar-refractivity contribution is 0.460. The Kier molecular flexibility index (Phi) is 2.96. The van der Waals surface area contributed by atoms with Crippen LogP contribution < -0.4 is 5.32 Å². The second-order valence-corrected chi connectivity index (χ2v) is 4.46. The molecule has 0 radical (unpaired) electrons. The third kappa shape index (κ3) is 2.09. The van der Waals surface area contributed by atoms with E-state index in [9.17, 15) is 0 Å². The summed E-state index contributed by atoms with van der Waals surface area (Å²) < 4.78 is 0. The Morgan fingerprint density at radius 1 is 1.69 bits per heavy atom. The van der Waals surface area contributed by atoms with Crippen LogP contribution in [0.1, 0.15) is 36.4 Å². The van der Waals surface area contributed by atoms with Gasteiger partial charge in [-0.1, -0.05) is 6.92 Å². The first-order valence-electron chi connectivity index (χ1n) is 5.05. The Balaban J connectivity index is 2.05. The molecule has 1 aliphatic rings. The van der Waals surface area contributed by atoms with Crippen molar-refractivity contribution in [3.05, 3.63) is 16.1 Å². The van der Waals surface area contributed by atoms with Crippen LogP contribution >= 0.6 is 11.3 Å². The van der Waals surface area contributed by atoms with Gasteiger partial charge >= 0.3 is 0 Å². The standard InChI is InChI=1S/C10H16N2S/c1-2-9-7-13-10(12-9)8-4-3-5-11-6-8/h7-8,11H,2-6H2,1H3. The number of aromatic nitrogens is 1. The summed E-state index contributed by atoms with van der Waals surface area (Å²) in [4.78, 5) is 4.63. The van der Waals surface area contributed by atoms with Crippen LogP contribution in [-0.2, 0) is 6.42 Å². The second kappa shape index (κ2) is 4.20. The first kappa shape index (κ1) is 9.16. The van der Waals surface area contributed by atoms with Gasteiger partial charge in [0, 0.05) is 17.8 Å². The summed E-state index contributed by atoms with van der Waals surface area (Å²) in [5.74, 6) is 0.680. The molecule has 1 atom stereocenters. The number of nitrogens with one attached hydrogen (secondary N) is 1. The zero-order chi connectivity index (χ0) is 9.10. The molecule has 1 aromatic rings. The van der Waals surface area contributed by atoms with Crippen molar-refractivity contribution in [3.63, 3.8) is 0 Å². The zero-order valence-corrected chi connectivity index (χ0v) is 8.86. The number of hydrogen-bond acceptors (Lipinski definition) is 3. The minimum atomic E-state index is 0.680. The van der Waals surface area contributed by atoms with Crippen LogP contribution in [0, 0.1) is 0 Å². The van der Waals surface area contributed by atoms with Gasteiger partial charge < -0.3 is 5.32 Å². The number of nitrogens with zero attached hydrogens (tertiary/aromatic N) is 1. The average Bonchev–Trinajstić information content (AvgIpc) is 2.67. The third-order valence-corrected chi connectivity index (χ3v) is 3.63. The first-order chi connectivity index (χ1) is 6.40. The van der Waals surface area contributed by atoms with Crippen molar-refractivity contribution >= 4 is 11.3 Å². The van der Waals surface area contributed by atoms with Gasteiger partial charge in [0.1, 0.15) is 0 Å². The van der Waals surface area contributed by atoms with Gasteiger partial charge in [-0.05, 0) is 25.8 Å². The number of piperidine rings is 1. The largest absolute Gasteiger partial charge is 0.316 e. The van der Waals surface area contributed by atoms with Crippen LogP contribution in [0.5, 0.6) is 0 Å². The predicted octanol–water partition coefficient (Wildman–Crippen LogP) is 2.17. The summed E-state index contributed by atoms with van der Waals surface area (Å²) in [5, 5.41) is 6.96. The van der Waals surface area contributed by atoms with Gasteiger partial charge in [0.05, 0.1) is 10.7 Å². The number of aryl methyl sites for hydroxylation is 1. The van der Waals surface area contributed by atoms with E-state index >= 15 is 0 Å². The van der Waals surface area contributed by atoms with Crippen LogP contribution in [0.4, 0.5) is 0 Å². The van der Waals surface area contributed by atoms with Crippen molar-refractivity contribution in [3.8, 4) is 0 Å². The summed E-state index contributed by atoms with van der Waals surface area (Å²) >= 11 is 1.83. The molecular weight excluding hydrogens is 180 g/mol. The van der Waals surface area contributed by atoms with Crippen molar-refractivity contribution in [1.82, 2.24) is 10.3 Å². The van der Waals surface area contributed by atoms with E-state index in [1.807, 2.05) is 11.3 Å². The van der Waals surface area contributed by atoms with Crippen molar-refractivity contribution in [2.45, 2.75) is 32.1 Å². The average molecular weight is 196 g/mol. The lowest BCUT2D eigenvalue weighted by Gasteiger charge is -2.20. The highest BCUT2D eigenvalue weighted by Crippen LogP contribution is 2.26. The Morgan fingerprint density at radius 2 is 2.62 bits per heavy atom. The van der Waals surface area contributed by atoms with Crippen molar-refractivity contribution in [2.75, 3.05) is 13.1 Å². The van der Waals surface area contributed by atoms with Gasteiger partial charge in [0.25, 0.3) is 0 Å². The SMILES string of the molecule is CCc1csc(C2CCCNC2)n1. The van der Waals surface area contributed by atoms with E-state index < -0.39 is 0 Å². The molecule has 0 spiro atoms. The smallest absolute Gasteiger partial charge is 0.0971 e. The lowest BCUT2D eigenvalue weighted by Crippen LogP contribution is -2.28. The molecule has 1 fully saturated rings. The molecule has 2 heterocycles. The molecule has 2 nitrogen and oxygen atoms in total. The fourth-order valence-corrected chi connectivity index (χ4v) is 2.77. The van der Waals surface area contributed by atoms with Crippen LogP contribution in [0.2, 0.25) is 0 Å². The van der Waals surface area contributed by atoms with E-state index in [0.717, 1.165) is 13.0 Å². The Labute approximate surface area is 83.4 Å². The molecule has 13 heavy (non-hydrogen) atoms. The predicted molar refractivity (Wildman–Crippen MR) is 56.3 cm³/mol. The normalized spacial score (nSPS) is 23.3. The monoisotopic (exact) mass is 196 g/mol. The minimum Gasteiger partial charge on any atom is -0.316 e. The molecule has 72 valence electrons. The van der Waals surface area contributed by atoms with Gasteiger partial charge in [-0.2, -0.15) is 0 Å². The molecule has 0 aliphatic carbocycles. The molecule has 1 aromatic heterocycles. The maximum Gasteiger partial charge on any atom is 0.0971 e. The van der Waals surface area contributed by atoms with Gasteiger partial charge in [0.2, 0.25) is 0 Å². The summed E-state index contributed by atoms with van der Waals surface area (Å²) in [6.07, 6.45) is 3.67. The quantitative estimate of drug-likeness (QED) is 0.784. The Hall–Kier alpha value is -0.410. The van der Waals surface area contributed by atoms with E-state index in [2.05, 4.69) is 22.6 Å². The van der Waals surface area contributed by atoms with E-state index in [-0.39, 0.29) is 0 Å². The van der Waals surface area contributed by atoms with E-state index in [0.29, 0.717) is 5.92 Å². The fourth-order valence-electron chi connectivity index (χ4n) is 1.74. The Bertz CT molecular complexity index is 264. The molecular formula is C10H16N2S. The summed E-state index contributed by atoms with van der Waals surface area (Å²) in [5.41, 5.74) is 1.26. The molecule has 0 bridgehead atoms. The van der Waals surface area contributed by atoms with Gasteiger partial charge in [-0.3, -0.25) is 0 Å². The highest BCUT2D eigenvalue weighted by Gasteiger charge is 2.17. The van der Waals surface area contributed by atoms with Crippen LogP contribution in [0.25, 0.3) is 0 Å². The molecule has 0 saturated carbocycles. The minimum absolute atomic E-state index is 0.680. The number of hydrogen-bond donors (Lipinski definition) is 1. The van der Waals surface area contributed by atoms with Crippen LogP contribution in [0.15, 0.2) is 5.38 Å². The summed E-state index contributed by atoms with van der Waals surface area (Å²) in [7, 11) is 0. The molecule has 1 unspecified atom stereocenters. The fraction of sp³-hybridized carbons (Fsp3) is 0.700. The third-order valence-electron chi connectivity index (χ3n) is 2.58. The molecule has 3 heteroatoms. The molecule has 0 amide bonds. The zero-order valence-electron chi connectivity index (χ0n) is 8.05.